The first kappa shape index (κ1) is 11.5. The van der Waals surface area contributed by atoms with Crippen LogP contribution >= 0.6 is 0 Å². The summed E-state index contributed by atoms with van der Waals surface area (Å²) in [5.74, 6) is 1.79. The van der Waals surface area contributed by atoms with Crippen LogP contribution in [0.2, 0.25) is 0 Å². The minimum Gasteiger partial charge on any atom is -0.374 e. The average Bonchev–Trinajstić information content (AvgIpc) is 2.33. The van der Waals surface area contributed by atoms with Gasteiger partial charge in [-0.05, 0) is 30.4 Å². The highest BCUT2D eigenvalue weighted by Gasteiger charge is 2.22. The van der Waals surface area contributed by atoms with Gasteiger partial charge in [0.1, 0.15) is 0 Å². The fourth-order valence-corrected chi connectivity index (χ4v) is 2.80. The molecule has 1 fully saturated rings. The first-order chi connectivity index (χ1) is 7.77. The molecule has 1 heteroatoms. The van der Waals surface area contributed by atoms with Crippen molar-refractivity contribution >= 4 is 5.69 Å². The van der Waals surface area contributed by atoms with Gasteiger partial charge in [-0.3, -0.25) is 0 Å². The molecule has 1 nitrogen and oxygen atoms in total. The van der Waals surface area contributed by atoms with E-state index in [4.69, 9.17) is 0 Å². The molecule has 0 radical (unpaired) electrons. The Morgan fingerprint density at radius 1 is 1.12 bits per heavy atom. The van der Waals surface area contributed by atoms with E-state index in [2.05, 4.69) is 49.2 Å². The Hall–Kier alpha value is -0.980. The fourth-order valence-electron chi connectivity index (χ4n) is 2.80. The molecule has 1 aliphatic carbocycles. The minimum atomic E-state index is 0.888. The summed E-state index contributed by atoms with van der Waals surface area (Å²) in [5.41, 5.74) is 1.35. The summed E-state index contributed by atoms with van der Waals surface area (Å²) in [5, 5.41) is 0. The summed E-state index contributed by atoms with van der Waals surface area (Å²) in [6, 6.07) is 10.7. The molecule has 1 aromatic rings. The van der Waals surface area contributed by atoms with E-state index in [9.17, 15) is 0 Å². The minimum absolute atomic E-state index is 0.888. The lowest BCUT2D eigenvalue weighted by atomic mass is 9.80. The van der Waals surface area contributed by atoms with Crippen LogP contribution in [0, 0.1) is 11.8 Å². The highest BCUT2D eigenvalue weighted by atomic mass is 15.1. The van der Waals surface area contributed by atoms with Gasteiger partial charge >= 0.3 is 0 Å². The molecule has 0 aliphatic heterocycles. The molecule has 0 bridgehead atoms. The molecule has 0 spiro atoms. The second kappa shape index (κ2) is 5.38. The number of rotatable bonds is 3. The molecule has 0 amide bonds. The Morgan fingerprint density at radius 2 is 1.81 bits per heavy atom. The van der Waals surface area contributed by atoms with Crippen molar-refractivity contribution in [1.29, 1.82) is 0 Å². The lowest BCUT2D eigenvalue weighted by Crippen LogP contribution is -2.30. The van der Waals surface area contributed by atoms with Gasteiger partial charge in [-0.25, -0.2) is 0 Å². The third kappa shape index (κ3) is 2.78. The number of para-hydroxylation sites is 1. The number of nitrogens with zero attached hydrogens (tertiary/aromatic N) is 1. The molecule has 2 atom stereocenters. The molecule has 1 saturated carbocycles. The van der Waals surface area contributed by atoms with Gasteiger partial charge in [-0.15, -0.1) is 0 Å². The van der Waals surface area contributed by atoms with Gasteiger partial charge in [0.05, 0.1) is 0 Å². The molecule has 2 unspecified atom stereocenters. The summed E-state index contributed by atoms with van der Waals surface area (Å²) in [4.78, 5) is 2.41. The standard InChI is InChI=1S/C15H23N/c1-13-8-6-7-9-14(13)12-16(2)15-10-4-3-5-11-15/h3-5,10-11,13-14H,6-9,12H2,1-2H3. The third-order valence-electron chi connectivity index (χ3n) is 3.99. The van der Waals surface area contributed by atoms with Crippen LogP contribution in [-0.4, -0.2) is 13.6 Å². The lowest BCUT2D eigenvalue weighted by molar-refractivity contribution is 0.261. The van der Waals surface area contributed by atoms with Crippen LogP contribution in [0.3, 0.4) is 0 Å². The van der Waals surface area contributed by atoms with E-state index >= 15 is 0 Å². The van der Waals surface area contributed by atoms with Gasteiger partial charge in [0.2, 0.25) is 0 Å². The number of hydrogen-bond acceptors (Lipinski definition) is 1. The van der Waals surface area contributed by atoms with E-state index in [1.165, 1.54) is 37.9 Å². The van der Waals surface area contributed by atoms with Crippen molar-refractivity contribution in [2.75, 3.05) is 18.5 Å². The molecule has 0 heterocycles. The molecule has 0 saturated heterocycles. The number of benzene rings is 1. The van der Waals surface area contributed by atoms with Gasteiger partial charge < -0.3 is 4.90 Å². The van der Waals surface area contributed by atoms with Crippen LogP contribution < -0.4 is 4.90 Å². The average molecular weight is 217 g/mol. The lowest BCUT2D eigenvalue weighted by Gasteiger charge is -2.33. The Labute approximate surface area is 99.5 Å². The predicted octanol–water partition coefficient (Wildman–Crippen LogP) is 3.95. The smallest absolute Gasteiger partial charge is 0.0363 e. The van der Waals surface area contributed by atoms with E-state index in [-0.39, 0.29) is 0 Å². The zero-order valence-electron chi connectivity index (χ0n) is 10.5. The molecule has 0 aromatic heterocycles. The highest BCUT2D eigenvalue weighted by molar-refractivity contribution is 5.44. The van der Waals surface area contributed by atoms with Gasteiger partial charge in [0, 0.05) is 19.3 Å². The quantitative estimate of drug-likeness (QED) is 0.741. The van der Waals surface area contributed by atoms with Crippen molar-refractivity contribution in [1.82, 2.24) is 0 Å². The second-order valence-corrected chi connectivity index (χ2v) is 5.24. The molecule has 1 aliphatic rings. The van der Waals surface area contributed by atoms with Crippen LogP contribution in [0.5, 0.6) is 0 Å². The monoisotopic (exact) mass is 217 g/mol. The van der Waals surface area contributed by atoms with E-state index in [0.29, 0.717) is 0 Å². The predicted molar refractivity (Wildman–Crippen MR) is 70.8 cm³/mol. The Balaban J connectivity index is 1.94. The molecule has 1 aromatic carbocycles. The summed E-state index contributed by atoms with van der Waals surface area (Å²) >= 11 is 0. The van der Waals surface area contributed by atoms with Crippen molar-refractivity contribution in [2.45, 2.75) is 32.6 Å². The van der Waals surface area contributed by atoms with E-state index < -0.39 is 0 Å². The Bertz CT molecular complexity index is 306. The maximum absolute atomic E-state index is 2.42. The van der Waals surface area contributed by atoms with E-state index in [1.807, 2.05) is 0 Å². The number of hydrogen-bond donors (Lipinski definition) is 0. The van der Waals surface area contributed by atoms with Gasteiger partial charge in [-0.1, -0.05) is 44.4 Å². The van der Waals surface area contributed by atoms with Crippen molar-refractivity contribution in [2.24, 2.45) is 11.8 Å². The maximum Gasteiger partial charge on any atom is 0.0363 e. The Kier molecular flexibility index (Phi) is 3.87. The largest absolute Gasteiger partial charge is 0.374 e. The van der Waals surface area contributed by atoms with Crippen molar-refractivity contribution in [3.63, 3.8) is 0 Å². The molecule has 88 valence electrons. The SMILES string of the molecule is CC1CCCCC1CN(C)c1ccccc1. The summed E-state index contributed by atoms with van der Waals surface area (Å²) in [7, 11) is 2.22. The molecule has 16 heavy (non-hydrogen) atoms. The van der Waals surface area contributed by atoms with Crippen molar-refractivity contribution < 1.29 is 0 Å². The number of anilines is 1. The molecule has 0 N–H and O–H groups in total. The Morgan fingerprint density at radius 3 is 2.50 bits per heavy atom. The van der Waals surface area contributed by atoms with Crippen molar-refractivity contribution in [3.05, 3.63) is 30.3 Å². The van der Waals surface area contributed by atoms with Crippen molar-refractivity contribution in [3.8, 4) is 0 Å². The third-order valence-corrected chi connectivity index (χ3v) is 3.99. The maximum atomic E-state index is 2.42. The van der Waals surface area contributed by atoms with Crippen LogP contribution in [0.15, 0.2) is 30.3 Å². The zero-order valence-corrected chi connectivity index (χ0v) is 10.5. The summed E-state index contributed by atoms with van der Waals surface area (Å²) in [6.45, 7) is 3.63. The van der Waals surface area contributed by atoms with Crippen LogP contribution in [0.1, 0.15) is 32.6 Å². The molecular formula is C15H23N. The fraction of sp³-hybridized carbons (Fsp3) is 0.600. The second-order valence-electron chi connectivity index (χ2n) is 5.24. The van der Waals surface area contributed by atoms with Gasteiger partial charge in [0.25, 0.3) is 0 Å². The van der Waals surface area contributed by atoms with E-state index in [1.54, 1.807) is 0 Å². The summed E-state index contributed by atoms with van der Waals surface area (Å²) in [6.07, 6.45) is 5.70. The summed E-state index contributed by atoms with van der Waals surface area (Å²) < 4.78 is 0. The first-order valence-corrected chi connectivity index (χ1v) is 6.53. The normalized spacial score (nSPS) is 25.4. The van der Waals surface area contributed by atoms with Gasteiger partial charge in [0.15, 0.2) is 0 Å². The molecule has 2 rings (SSSR count). The van der Waals surface area contributed by atoms with Gasteiger partial charge in [-0.2, -0.15) is 0 Å². The van der Waals surface area contributed by atoms with Crippen LogP contribution in [-0.2, 0) is 0 Å². The zero-order chi connectivity index (χ0) is 11.4. The van der Waals surface area contributed by atoms with E-state index in [0.717, 1.165) is 11.8 Å². The molecular weight excluding hydrogens is 194 g/mol. The highest BCUT2D eigenvalue weighted by Crippen LogP contribution is 2.30. The van der Waals surface area contributed by atoms with Crippen LogP contribution in [0.25, 0.3) is 0 Å². The first-order valence-electron chi connectivity index (χ1n) is 6.53. The topological polar surface area (TPSA) is 3.24 Å². The van der Waals surface area contributed by atoms with Crippen LogP contribution in [0.4, 0.5) is 5.69 Å².